The van der Waals surface area contributed by atoms with E-state index in [1.807, 2.05) is 6.07 Å². The first-order chi connectivity index (χ1) is 28.3. The maximum Gasteiger partial charge on any atom is 0.238 e. The van der Waals surface area contributed by atoms with Crippen LogP contribution in [0.15, 0.2) is 182 Å². The third-order valence-corrected chi connectivity index (χ3v) is 11.6. The number of benzene rings is 7. The Kier molecular flexibility index (Phi) is 6.95. The van der Waals surface area contributed by atoms with Gasteiger partial charge < -0.3 is 9.30 Å². The Labute approximate surface area is 328 Å². The summed E-state index contributed by atoms with van der Waals surface area (Å²) >= 11 is 0. The fourth-order valence-corrected chi connectivity index (χ4v) is 9.00. The molecule has 57 heavy (non-hydrogen) atoms. The fraction of sp³-hybridized carbons (Fsp3) is 0.0392. The van der Waals surface area contributed by atoms with Gasteiger partial charge in [-0.1, -0.05) is 127 Å². The molecule has 10 aromatic rings. The molecule has 0 spiro atoms. The molecule has 2 unspecified atom stereocenters. The van der Waals surface area contributed by atoms with Gasteiger partial charge in [-0.2, -0.15) is 9.97 Å². The SMILES string of the molecule is C1=CC2c3cc(-c4nc(-c5cccc(-c6ccccc6)c5)nc(-n5c6ccccc6c6ccccc65)n4)ccc3OC2c2c1n(-c1ccccc1)c1ccccc21. The third kappa shape index (κ3) is 4.94. The number of fused-ring (bicyclic) bond motifs is 10. The molecule has 1 aliphatic carbocycles. The molecule has 2 aliphatic rings. The lowest BCUT2D eigenvalue weighted by atomic mass is 9.85. The topological polar surface area (TPSA) is 57.8 Å². The second-order valence-electron chi connectivity index (χ2n) is 14.8. The van der Waals surface area contributed by atoms with Crippen LogP contribution in [0.5, 0.6) is 5.75 Å². The van der Waals surface area contributed by atoms with E-state index < -0.39 is 0 Å². The van der Waals surface area contributed by atoms with Crippen LogP contribution in [0, 0.1) is 0 Å². The van der Waals surface area contributed by atoms with E-state index in [-0.39, 0.29) is 12.0 Å². The van der Waals surface area contributed by atoms with Crippen LogP contribution in [0.4, 0.5) is 0 Å². The molecule has 6 heteroatoms. The average Bonchev–Trinajstić information content (AvgIpc) is 3.94. The third-order valence-electron chi connectivity index (χ3n) is 11.6. The van der Waals surface area contributed by atoms with Gasteiger partial charge in [-0.3, -0.25) is 4.57 Å². The summed E-state index contributed by atoms with van der Waals surface area (Å²) < 4.78 is 11.4. The zero-order valence-corrected chi connectivity index (χ0v) is 30.7. The van der Waals surface area contributed by atoms with Gasteiger partial charge in [0.1, 0.15) is 11.9 Å². The van der Waals surface area contributed by atoms with Crippen LogP contribution < -0.4 is 4.74 Å². The Morgan fingerprint density at radius 3 is 1.75 bits per heavy atom. The monoisotopic (exact) mass is 731 g/mol. The Morgan fingerprint density at radius 1 is 0.456 bits per heavy atom. The molecule has 0 saturated carbocycles. The highest BCUT2D eigenvalue weighted by Crippen LogP contribution is 2.53. The lowest BCUT2D eigenvalue weighted by Crippen LogP contribution is -2.13. The Bertz CT molecular complexity index is 3180. The van der Waals surface area contributed by atoms with Crippen molar-refractivity contribution in [2.45, 2.75) is 12.0 Å². The predicted molar refractivity (Wildman–Crippen MR) is 229 cm³/mol. The summed E-state index contributed by atoms with van der Waals surface area (Å²) in [7, 11) is 0. The quantitative estimate of drug-likeness (QED) is 0.177. The summed E-state index contributed by atoms with van der Waals surface area (Å²) in [5.74, 6) is 2.70. The molecule has 6 nitrogen and oxygen atoms in total. The first-order valence-electron chi connectivity index (χ1n) is 19.4. The molecule has 268 valence electrons. The van der Waals surface area contributed by atoms with Crippen molar-refractivity contribution in [3.63, 3.8) is 0 Å². The second-order valence-corrected chi connectivity index (χ2v) is 14.8. The summed E-state index contributed by atoms with van der Waals surface area (Å²) in [6.45, 7) is 0. The Balaban J connectivity index is 1.02. The van der Waals surface area contributed by atoms with Gasteiger partial charge in [0.05, 0.1) is 22.2 Å². The van der Waals surface area contributed by atoms with Crippen molar-refractivity contribution in [2.75, 3.05) is 0 Å². The van der Waals surface area contributed by atoms with Crippen molar-refractivity contribution < 1.29 is 4.74 Å². The molecular weight excluding hydrogens is 699 g/mol. The van der Waals surface area contributed by atoms with Crippen molar-refractivity contribution in [2.24, 2.45) is 0 Å². The van der Waals surface area contributed by atoms with Gasteiger partial charge in [-0.25, -0.2) is 4.98 Å². The molecule has 0 bridgehead atoms. The van der Waals surface area contributed by atoms with E-state index in [9.17, 15) is 0 Å². The van der Waals surface area contributed by atoms with Gasteiger partial charge in [0, 0.05) is 50.0 Å². The van der Waals surface area contributed by atoms with Crippen molar-refractivity contribution in [1.29, 1.82) is 0 Å². The van der Waals surface area contributed by atoms with E-state index >= 15 is 0 Å². The van der Waals surface area contributed by atoms with Gasteiger partial charge in [0.25, 0.3) is 0 Å². The minimum absolute atomic E-state index is 0.0307. The number of para-hydroxylation sites is 4. The molecule has 7 aromatic carbocycles. The molecule has 0 amide bonds. The normalized spacial score (nSPS) is 15.4. The van der Waals surface area contributed by atoms with Gasteiger partial charge >= 0.3 is 0 Å². The van der Waals surface area contributed by atoms with Crippen LogP contribution in [0.2, 0.25) is 0 Å². The minimum Gasteiger partial charge on any atom is -0.484 e. The van der Waals surface area contributed by atoms with Crippen molar-refractivity contribution in [3.8, 4) is 51.3 Å². The van der Waals surface area contributed by atoms with Gasteiger partial charge in [-0.05, 0) is 71.8 Å². The van der Waals surface area contributed by atoms with E-state index in [0.29, 0.717) is 17.6 Å². The lowest BCUT2D eigenvalue weighted by molar-refractivity contribution is 0.224. The molecule has 0 radical (unpaired) electrons. The maximum absolute atomic E-state index is 6.89. The van der Waals surface area contributed by atoms with Crippen LogP contribution in [0.3, 0.4) is 0 Å². The van der Waals surface area contributed by atoms with E-state index in [1.54, 1.807) is 0 Å². The molecule has 3 aromatic heterocycles. The number of hydrogen-bond acceptors (Lipinski definition) is 4. The van der Waals surface area contributed by atoms with Crippen LogP contribution in [-0.2, 0) is 0 Å². The number of rotatable bonds is 5. The van der Waals surface area contributed by atoms with E-state index in [4.69, 9.17) is 19.7 Å². The highest BCUT2D eigenvalue weighted by atomic mass is 16.5. The molecule has 12 rings (SSSR count). The van der Waals surface area contributed by atoms with Crippen LogP contribution >= 0.6 is 0 Å². The van der Waals surface area contributed by atoms with E-state index in [2.05, 4.69) is 191 Å². The molecule has 1 aliphatic heterocycles. The lowest BCUT2D eigenvalue weighted by Gasteiger charge is -2.22. The summed E-state index contributed by atoms with van der Waals surface area (Å²) in [5.41, 5.74) is 12.0. The van der Waals surface area contributed by atoms with E-state index in [1.165, 1.54) is 16.5 Å². The zero-order valence-electron chi connectivity index (χ0n) is 30.7. The predicted octanol–water partition coefficient (Wildman–Crippen LogP) is 12.2. The fourth-order valence-electron chi connectivity index (χ4n) is 9.00. The van der Waals surface area contributed by atoms with E-state index in [0.717, 1.165) is 66.8 Å². The van der Waals surface area contributed by atoms with Gasteiger partial charge in [-0.15, -0.1) is 0 Å². The molecule has 0 N–H and O–H groups in total. The first kappa shape index (κ1) is 31.7. The highest BCUT2D eigenvalue weighted by molar-refractivity contribution is 6.09. The van der Waals surface area contributed by atoms with Crippen LogP contribution in [0.1, 0.15) is 28.8 Å². The summed E-state index contributed by atoms with van der Waals surface area (Å²) in [5, 5.41) is 3.51. The van der Waals surface area contributed by atoms with Crippen LogP contribution in [0.25, 0.3) is 84.3 Å². The Hall–Kier alpha value is -7.57. The van der Waals surface area contributed by atoms with Crippen LogP contribution in [-0.4, -0.2) is 24.1 Å². The minimum atomic E-state index is -0.159. The molecule has 4 heterocycles. The zero-order chi connectivity index (χ0) is 37.5. The second kappa shape index (κ2) is 12.5. The molecule has 0 saturated heterocycles. The number of aromatic nitrogens is 5. The molecule has 0 fully saturated rings. The molecular formula is C51H33N5O. The van der Waals surface area contributed by atoms with Gasteiger partial charge in [0.15, 0.2) is 11.6 Å². The highest BCUT2D eigenvalue weighted by Gasteiger charge is 2.40. The standard InChI is InChI=1S/C51H33N5O/c1-3-14-32(15-4-1)33-16-13-17-34(30-33)49-52-50(54-51(53-49)56-42-23-10-7-20-37(42)38-21-8-11-24-43(38)56)35-26-29-46-41(31-35)39-27-28-45-47(48(39)57-46)40-22-9-12-25-44(40)55(45)36-18-5-2-6-19-36/h1-31,39,48H. The summed E-state index contributed by atoms with van der Waals surface area (Å²) in [6, 6.07) is 61.4. The smallest absolute Gasteiger partial charge is 0.238 e. The molecule has 2 atom stereocenters. The van der Waals surface area contributed by atoms with Gasteiger partial charge in [0.2, 0.25) is 5.95 Å². The average molecular weight is 732 g/mol. The largest absolute Gasteiger partial charge is 0.484 e. The van der Waals surface area contributed by atoms with Crippen molar-refractivity contribution in [3.05, 3.63) is 199 Å². The van der Waals surface area contributed by atoms with Crippen molar-refractivity contribution >= 4 is 38.8 Å². The number of ether oxygens (including phenoxy) is 1. The maximum atomic E-state index is 6.89. The number of nitrogens with zero attached hydrogens (tertiary/aromatic N) is 5. The summed E-state index contributed by atoms with van der Waals surface area (Å²) in [6.07, 6.45) is 4.42. The summed E-state index contributed by atoms with van der Waals surface area (Å²) in [4.78, 5) is 15.7. The first-order valence-corrected chi connectivity index (χ1v) is 19.4. The Morgan fingerprint density at radius 2 is 1.04 bits per heavy atom. The number of hydrogen-bond donors (Lipinski definition) is 0. The van der Waals surface area contributed by atoms with Crippen molar-refractivity contribution in [1.82, 2.24) is 24.1 Å².